The summed E-state index contributed by atoms with van der Waals surface area (Å²) >= 11 is 6.18. The maximum atomic E-state index is 13.3. The number of para-hydroxylation sites is 1. The third-order valence-corrected chi connectivity index (χ3v) is 9.52. The number of rotatable bonds is 9. The number of nitrogens with zero attached hydrogens (tertiary/aromatic N) is 3. The third-order valence-electron chi connectivity index (χ3n) is 7.61. The van der Waals surface area contributed by atoms with Gasteiger partial charge in [0.05, 0.1) is 16.1 Å². The molecule has 0 radical (unpaired) electrons. The van der Waals surface area contributed by atoms with E-state index in [0.29, 0.717) is 39.8 Å². The summed E-state index contributed by atoms with van der Waals surface area (Å²) in [4.78, 5) is 19.5. The summed E-state index contributed by atoms with van der Waals surface area (Å²) in [6.45, 7) is 6.22. The van der Waals surface area contributed by atoms with E-state index in [1.165, 1.54) is 5.69 Å². The Kier molecular flexibility index (Phi) is 8.32. The van der Waals surface area contributed by atoms with Gasteiger partial charge in [-0.1, -0.05) is 23.7 Å². The van der Waals surface area contributed by atoms with Crippen molar-refractivity contribution in [3.05, 3.63) is 83.3 Å². The van der Waals surface area contributed by atoms with E-state index in [0.717, 1.165) is 37.7 Å². The van der Waals surface area contributed by atoms with Crippen LogP contribution in [0.5, 0.6) is 0 Å². The van der Waals surface area contributed by atoms with Crippen molar-refractivity contribution in [2.45, 2.75) is 44.6 Å². The summed E-state index contributed by atoms with van der Waals surface area (Å²) in [5.74, 6) is 0.473. The second-order valence-corrected chi connectivity index (χ2v) is 12.5. The molecule has 1 saturated heterocycles. The molecule has 0 atom stereocenters. The van der Waals surface area contributed by atoms with Gasteiger partial charge in [-0.25, -0.2) is 8.42 Å². The molecular weight excluding hydrogens is 546 g/mol. The van der Waals surface area contributed by atoms with Crippen molar-refractivity contribution in [2.75, 3.05) is 29.3 Å². The van der Waals surface area contributed by atoms with Gasteiger partial charge in [0.25, 0.3) is 10.0 Å². The molecule has 2 aromatic carbocycles. The fourth-order valence-corrected chi connectivity index (χ4v) is 6.98. The summed E-state index contributed by atoms with van der Waals surface area (Å²) in [7, 11) is -3.88. The highest BCUT2D eigenvalue weighted by Gasteiger charge is 2.22. The average molecular weight is 580 g/mol. The van der Waals surface area contributed by atoms with Crippen molar-refractivity contribution in [1.29, 1.82) is 0 Å². The van der Waals surface area contributed by atoms with Crippen molar-refractivity contribution in [3.8, 4) is 0 Å². The number of halogens is 1. The average Bonchev–Trinajstić information content (AvgIpc) is 3.35. The van der Waals surface area contributed by atoms with Gasteiger partial charge in [0.1, 0.15) is 6.54 Å². The number of carbonyl (C=O) groups excluding carboxylic acids is 1. The monoisotopic (exact) mass is 579 g/mol. The van der Waals surface area contributed by atoms with Crippen LogP contribution < -0.4 is 14.9 Å². The van der Waals surface area contributed by atoms with Crippen LogP contribution in [0.15, 0.2) is 72.0 Å². The smallest absolute Gasteiger partial charge is 0.262 e. The van der Waals surface area contributed by atoms with Gasteiger partial charge in [0, 0.05) is 54.3 Å². The molecule has 0 saturated carbocycles. The van der Waals surface area contributed by atoms with E-state index < -0.39 is 10.0 Å². The highest BCUT2D eigenvalue weighted by atomic mass is 35.5. The molecule has 1 amide bonds. The number of amides is 1. The van der Waals surface area contributed by atoms with Gasteiger partial charge >= 0.3 is 0 Å². The Bertz CT molecular complexity index is 1610. The Labute approximate surface area is 240 Å². The van der Waals surface area contributed by atoms with E-state index in [1.54, 1.807) is 42.7 Å². The molecule has 2 aromatic heterocycles. The second kappa shape index (κ2) is 11.9. The Hall–Kier alpha value is -3.56. The second-order valence-electron chi connectivity index (χ2n) is 10.4. The van der Waals surface area contributed by atoms with Crippen molar-refractivity contribution in [1.82, 2.24) is 14.9 Å². The number of aromatic nitrogens is 2. The number of benzene rings is 2. The minimum Gasteiger partial charge on any atom is -0.371 e. The van der Waals surface area contributed by atoms with Gasteiger partial charge in [0.2, 0.25) is 5.91 Å². The molecular formula is C30H34ClN5O3S. The van der Waals surface area contributed by atoms with Crippen LogP contribution >= 0.6 is 11.6 Å². The van der Waals surface area contributed by atoms with Crippen molar-refractivity contribution < 1.29 is 13.2 Å². The standard InChI is InChI=1S/C30H34ClN5O3S/c1-21-19-28(22(2)18-26(21)31)40(38,39)34-27-5-3-4-24-11-17-36(30(24)27)20-29(37)33-14-6-23-9-15-35(16-10-23)25-7-12-32-13-8-25/h3-5,7-8,11-13,17-19,23,34H,6,9-10,14-16,20H2,1-2H3,(H,33,37). The number of fused-ring (bicyclic) bond motifs is 1. The molecule has 0 aliphatic carbocycles. The van der Waals surface area contributed by atoms with Crippen LogP contribution in [0, 0.1) is 19.8 Å². The molecule has 1 aliphatic rings. The maximum Gasteiger partial charge on any atom is 0.262 e. The van der Waals surface area contributed by atoms with Crippen molar-refractivity contribution in [2.24, 2.45) is 5.92 Å². The number of anilines is 2. The van der Waals surface area contributed by atoms with Crippen LogP contribution in [0.1, 0.15) is 30.4 Å². The minimum atomic E-state index is -3.88. The zero-order valence-corrected chi connectivity index (χ0v) is 24.3. The van der Waals surface area contributed by atoms with Gasteiger partial charge in [-0.15, -0.1) is 0 Å². The Morgan fingerprint density at radius 1 is 1.05 bits per heavy atom. The first-order chi connectivity index (χ1) is 19.2. The number of nitrogens with one attached hydrogen (secondary N) is 2. The lowest BCUT2D eigenvalue weighted by atomic mass is 9.93. The van der Waals surface area contributed by atoms with Crippen LogP contribution in [0.3, 0.4) is 0 Å². The first kappa shape index (κ1) is 28.0. The van der Waals surface area contributed by atoms with E-state index in [2.05, 4.69) is 19.9 Å². The van der Waals surface area contributed by atoms with Crippen LogP contribution in [0.25, 0.3) is 10.9 Å². The van der Waals surface area contributed by atoms with E-state index in [4.69, 9.17) is 11.6 Å². The molecule has 210 valence electrons. The highest BCUT2D eigenvalue weighted by Crippen LogP contribution is 2.30. The zero-order valence-electron chi connectivity index (χ0n) is 22.7. The maximum absolute atomic E-state index is 13.3. The lowest BCUT2D eigenvalue weighted by Gasteiger charge is -2.33. The van der Waals surface area contributed by atoms with Gasteiger partial charge in [0.15, 0.2) is 0 Å². The minimum absolute atomic E-state index is 0.0990. The van der Waals surface area contributed by atoms with Crippen LogP contribution in [0.4, 0.5) is 11.4 Å². The van der Waals surface area contributed by atoms with Crippen LogP contribution in [0.2, 0.25) is 5.02 Å². The Balaban J connectivity index is 1.20. The van der Waals surface area contributed by atoms with E-state index in [9.17, 15) is 13.2 Å². The fraction of sp³-hybridized carbons (Fsp3) is 0.333. The van der Waals surface area contributed by atoms with Gasteiger partial charge in [-0.05, 0) is 86.6 Å². The lowest BCUT2D eigenvalue weighted by molar-refractivity contribution is -0.121. The van der Waals surface area contributed by atoms with Gasteiger partial charge in [-0.3, -0.25) is 14.5 Å². The predicted molar refractivity (Wildman–Crippen MR) is 160 cm³/mol. The molecule has 0 bridgehead atoms. The van der Waals surface area contributed by atoms with Crippen molar-refractivity contribution in [3.63, 3.8) is 0 Å². The van der Waals surface area contributed by atoms with Crippen LogP contribution in [-0.2, 0) is 21.4 Å². The molecule has 8 nitrogen and oxygen atoms in total. The summed E-state index contributed by atoms with van der Waals surface area (Å²) < 4.78 is 31.2. The first-order valence-electron chi connectivity index (χ1n) is 13.5. The highest BCUT2D eigenvalue weighted by molar-refractivity contribution is 7.92. The number of hydrogen-bond donors (Lipinski definition) is 2. The summed E-state index contributed by atoms with van der Waals surface area (Å²) in [6, 6.07) is 14.6. The molecule has 10 heteroatoms. The molecule has 40 heavy (non-hydrogen) atoms. The number of sulfonamides is 1. The molecule has 3 heterocycles. The SMILES string of the molecule is Cc1cc(S(=O)(=O)Nc2cccc3ccn(CC(=O)NCCC4CCN(c5ccncc5)CC4)c23)c(C)cc1Cl. The molecule has 5 rings (SSSR count). The number of piperidine rings is 1. The molecule has 0 unspecified atom stereocenters. The lowest BCUT2D eigenvalue weighted by Crippen LogP contribution is -2.35. The largest absolute Gasteiger partial charge is 0.371 e. The zero-order chi connectivity index (χ0) is 28.3. The van der Waals surface area contributed by atoms with E-state index >= 15 is 0 Å². The fourth-order valence-electron chi connectivity index (χ4n) is 5.38. The van der Waals surface area contributed by atoms with Gasteiger partial charge in [-0.2, -0.15) is 0 Å². The van der Waals surface area contributed by atoms with Gasteiger partial charge < -0.3 is 14.8 Å². The third kappa shape index (κ3) is 6.26. The summed E-state index contributed by atoms with van der Waals surface area (Å²) in [6.07, 6.45) is 8.59. The summed E-state index contributed by atoms with van der Waals surface area (Å²) in [5.41, 5.74) is 3.54. The number of carbonyl (C=O) groups is 1. The first-order valence-corrected chi connectivity index (χ1v) is 15.4. The van der Waals surface area contributed by atoms with E-state index in [1.807, 2.05) is 42.9 Å². The van der Waals surface area contributed by atoms with E-state index in [-0.39, 0.29) is 17.3 Å². The Morgan fingerprint density at radius 2 is 1.80 bits per heavy atom. The summed E-state index contributed by atoms with van der Waals surface area (Å²) in [5, 5.41) is 4.42. The normalized spacial score (nSPS) is 14.4. The predicted octanol–water partition coefficient (Wildman–Crippen LogP) is 5.53. The molecule has 2 N–H and O–H groups in total. The molecule has 1 fully saturated rings. The quantitative estimate of drug-likeness (QED) is 0.272. The molecule has 0 spiro atoms. The molecule has 1 aliphatic heterocycles. The number of aryl methyl sites for hydroxylation is 2. The van der Waals surface area contributed by atoms with Crippen molar-refractivity contribution >= 4 is 49.8 Å². The van der Waals surface area contributed by atoms with Crippen LogP contribution in [-0.4, -0.2) is 43.5 Å². The number of hydrogen-bond acceptors (Lipinski definition) is 5. The topological polar surface area (TPSA) is 96.3 Å². The molecule has 4 aromatic rings. The number of pyridine rings is 1. The Morgan fingerprint density at radius 3 is 2.55 bits per heavy atom.